The summed E-state index contributed by atoms with van der Waals surface area (Å²) in [6.45, 7) is 0. The summed E-state index contributed by atoms with van der Waals surface area (Å²) in [5.41, 5.74) is 14.7. The van der Waals surface area contributed by atoms with Crippen molar-refractivity contribution in [3.8, 4) is 44.8 Å². The summed E-state index contributed by atoms with van der Waals surface area (Å²) in [5.74, 6) is 0.888. The van der Waals surface area contributed by atoms with Crippen LogP contribution in [-0.4, -0.2) is 18.5 Å². The molecule has 0 aliphatic heterocycles. The summed E-state index contributed by atoms with van der Waals surface area (Å²) < 4.78 is 7.01. The molecule has 0 saturated carbocycles. The summed E-state index contributed by atoms with van der Waals surface area (Å²) in [4.78, 5) is 5.44. The molecule has 0 unspecified atom stereocenters. The van der Waals surface area contributed by atoms with Crippen LogP contribution in [0.2, 0.25) is 0 Å². The van der Waals surface area contributed by atoms with Crippen LogP contribution in [0.5, 0.6) is 0 Å². The van der Waals surface area contributed by atoms with Crippen molar-refractivity contribution in [2.45, 2.75) is 0 Å². The Morgan fingerprint density at radius 1 is 0.279 bits per heavy atom. The Bertz CT molecular complexity index is 3830. The van der Waals surface area contributed by atoms with E-state index in [-0.39, 0.29) is 0 Å². The summed E-state index contributed by atoms with van der Waals surface area (Å²) >= 11 is 0. The van der Waals surface area contributed by atoms with Gasteiger partial charge in [-0.05, 0) is 126 Å². The van der Waals surface area contributed by atoms with E-state index in [0.717, 1.165) is 61.4 Å². The number of nitrogens with zero attached hydrogens (tertiary/aromatic N) is 4. The molecule has 3 aromatic heterocycles. The maximum atomic E-state index is 5.44. The summed E-state index contributed by atoms with van der Waals surface area (Å²) in [6, 6.07) is 79.1. The first-order chi connectivity index (χ1) is 30.3. The predicted molar refractivity (Wildman–Crippen MR) is 255 cm³/mol. The topological polar surface area (TPSA) is 27.2 Å². The van der Waals surface area contributed by atoms with Gasteiger partial charge in [-0.2, -0.15) is 0 Å². The Labute approximate surface area is 351 Å². The van der Waals surface area contributed by atoms with Crippen LogP contribution in [-0.2, 0) is 0 Å². The minimum atomic E-state index is 0.888. The second-order valence-electron chi connectivity index (χ2n) is 16.0. The van der Waals surface area contributed by atoms with Crippen LogP contribution in [0.4, 0.5) is 0 Å². The van der Waals surface area contributed by atoms with Gasteiger partial charge in [0.15, 0.2) is 5.65 Å². The highest BCUT2D eigenvalue weighted by Gasteiger charge is 2.24. The van der Waals surface area contributed by atoms with Crippen molar-refractivity contribution in [1.82, 2.24) is 18.5 Å². The van der Waals surface area contributed by atoms with E-state index in [9.17, 15) is 0 Å². The maximum Gasteiger partial charge on any atom is 0.221 e. The summed E-state index contributed by atoms with van der Waals surface area (Å²) in [7, 11) is 0. The molecule has 0 saturated heterocycles. The second-order valence-corrected chi connectivity index (χ2v) is 16.0. The third-order valence-corrected chi connectivity index (χ3v) is 12.6. The highest BCUT2D eigenvalue weighted by atomic mass is 15.3. The standard InChI is InChI=1S/C57H36N4/c1-3-19-43(20-4-1)59-52-28-12-11-27-50(52)55-56(59)61-53-32-30-42(36-54(53)60(57(61)58-55)44-21-5-2-6-22-44)40-18-14-16-38(34-40)37-15-13-17-39(33-37)41-29-31-49-47-25-8-7-23-45(47)46-24-9-10-26-48(46)51(49)35-41/h1-36H. The molecule has 4 heteroatoms. The zero-order valence-corrected chi connectivity index (χ0v) is 33.1. The van der Waals surface area contributed by atoms with Gasteiger partial charge in [0, 0.05) is 16.8 Å². The fourth-order valence-electron chi connectivity index (χ4n) is 9.83. The first-order valence-electron chi connectivity index (χ1n) is 20.9. The second kappa shape index (κ2) is 13.2. The van der Waals surface area contributed by atoms with E-state index in [1.807, 2.05) is 0 Å². The van der Waals surface area contributed by atoms with Crippen molar-refractivity contribution in [3.05, 3.63) is 218 Å². The van der Waals surface area contributed by atoms with Gasteiger partial charge in [0.05, 0.1) is 16.6 Å². The zero-order valence-electron chi connectivity index (χ0n) is 33.1. The molecule has 0 N–H and O–H groups in total. The number of rotatable bonds is 5. The van der Waals surface area contributed by atoms with Crippen LogP contribution >= 0.6 is 0 Å². The molecule has 3 heterocycles. The van der Waals surface area contributed by atoms with Gasteiger partial charge < -0.3 is 0 Å². The van der Waals surface area contributed by atoms with Crippen LogP contribution < -0.4 is 0 Å². The number of hydrogen-bond acceptors (Lipinski definition) is 1. The van der Waals surface area contributed by atoms with E-state index in [1.165, 1.54) is 54.6 Å². The molecule has 284 valence electrons. The molecule has 0 fully saturated rings. The normalized spacial score (nSPS) is 11.9. The molecule has 0 aliphatic carbocycles. The minimum absolute atomic E-state index is 0.888. The van der Waals surface area contributed by atoms with Gasteiger partial charge in [-0.25, -0.2) is 4.98 Å². The van der Waals surface area contributed by atoms with Gasteiger partial charge in [0.2, 0.25) is 5.78 Å². The maximum absolute atomic E-state index is 5.44. The molecule has 0 bridgehead atoms. The fraction of sp³-hybridized carbons (Fsp3) is 0. The highest BCUT2D eigenvalue weighted by Crippen LogP contribution is 2.40. The van der Waals surface area contributed by atoms with Gasteiger partial charge in [-0.3, -0.25) is 13.5 Å². The molecule has 4 nitrogen and oxygen atoms in total. The highest BCUT2D eigenvalue weighted by molar-refractivity contribution is 6.25. The average molecular weight is 777 g/mol. The minimum Gasteiger partial charge on any atom is -0.294 e. The molecular formula is C57H36N4. The fourth-order valence-corrected chi connectivity index (χ4v) is 9.83. The summed E-state index contributed by atoms with van der Waals surface area (Å²) in [6.07, 6.45) is 0. The number of benzene rings is 10. The molecular weight excluding hydrogens is 741 g/mol. The van der Waals surface area contributed by atoms with Crippen molar-refractivity contribution >= 4 is 71.2 Å². The van der Waals surface area contributed by atoms with Crippen molar-refractivity contribution in [1.29, 1.82) is 0 Å². The Balaban J connectivity index is 0.955. The number of para-hydroxylation sites is 3. The largest absolute Gasteiger partial charge is 0.294 e. The average Bonchev–Trinajstić information content (AvgIpc) is 3.97. The lowest BCUT2D eigenvalue weighted by Crippen LogP contribution is -1.97. The first-order valence-corrected chi connectivity index (χ1v) is 20.9. The van der Waals surface area contributed by atoms with Gasteiger partial charge >= 0.3 is 0 Å². The van der Waals surface area contributed by atoms with Crippen LogP contribution in [0.25, 0.3) is 116 Å². The van der Waals surface area contributed by atoms with Crippen molar-refractivity contribution in [3.63, 3.8) is 0 Å². The molecule has 61 heavy (non-hydrogen) atoms. The summed E-state index contributed by atoms with van der Waals surface area (Å²) in [5, 5.41) is 8.87. The number of imidazole rings is 2. The van der Waals surface area contributed by atoms with Crippen molar-refractivity contribution < 1.29 is 0 Å². The molecule has 0 amide bonds. The van der Waals surface area contributed by atoms with Crippen LogP contribution in [0.15, 0.2) is 218 Å². The van der Waals surface area contributed by atoms with E-state index < -0.39 is 0 Å². The van der Waals surface area contributed by atoms with Gasteiger partial charge in [-0.15, -0.1) is 0 Å². The van der Waals surface area contributed by atoms with Crippen molar-refractivity contribution in [2.24, 2.45) is 0 Å². The quantitative estimate of drug-likeness (QED) is 0.160. The number of hydrogen-bond donors (Lipinski definition) is 0. The van der Waals surface area contributed by atoms with Crippen molar-refractivity contribution in [2.75, 3.05) is 0 Å². The number of fused-ring (bicyclic) bond motifs is 13. The Morgan fingerprint density at radius 3 is 1.34 bits per heavy atom. The smallest absolute Gasteiger partial charge is 0.221 e. The molecule has 0 atom stereocenters. The Hall–Kier alpha value is -8.21. The van der Waals surface area contributed by atoms with Crippen LogP contribution in [0, 0.1) is 0 Å². The monoisotopic (exact) mass is 776 g/mol. The SMILES string of the molecule is c1ccc(-n2c3cc(-c4cccc(-c5cccc(-c6ccc7c8ccccc8c8ccccc8c7c6)c5)c4)ccc3n3c2nc2c4ccccc4n(-c4ccccc4)c23)cc1. The molecule has 0 aliphatic rings. The van der Waals surface area contributed by atoms with Crippen LogP contribution in [0.3, 0.4) is 0 Å². The van der Waals surface area contributed by atoms with E-state index in [2.05, 4.69) is 232 Å². The lowest BCUT2D eigenvalue weighted by atomic mass is 9.91. The first kappa shape index (κ1) is 33.7. The lowest BCUT2D eigenvalue weighted by molar-refractivity contribution is 1.08. The molecule has 13 aromatic rings. The zero-order chi connectivity index (χ0) is 40.0. The Morgan fingerprint density at radius 2 is 0.738 bits per heavy atom. The Kier molecular flexibility index (Phi) is 7.27. The molecule has 0 radical (unpaired) electrons. The third-order valence-electron chi connectivity index (χ3n) is 12.6. The lowest BCUT2D eigenvalue weighted by Gasteiger charge is -2.13. The molecule has 0 spiro atoms. The van der Waals surface area contributed by atoms with Gasteiger partial charge in [-0.1, -0.05) is 158 Å². The predicted octanol–water partition coefficient (Wildman–Crippen LogP) is 14.8. The van der Waals surface area contributed by atoms with Crippen LogP contribution in [0.1, 0.15) is 0 Å². The van der Waals surface area contributed by atoms with Gasteiger partial charge in [0.1, 0.15) is 5.52 Å². The van der Waals surface area contributed by atoms with E-state index in [4.69, 9.17) is 4.98 Å². The number of aromatic nitrogens is 4. The molecule has 10 aromatic carbocycles. The van der Waals surface area contributed by atoms with E-state index in [1.54, 1.807) is 0 Å². The van der Waals surface area contributed by atoms with Gasteiger partial charge in [0.25, 0.3) is 0 Å². The van der Waals surface area contributed by atoms with E-state index >= 15 is 0 Å². The van der Waals surface area contributed by atoms with E-state index in [0.29, 0.717) is 0 Å². The molecule has 13 rings (SSSR count). The third kappa shape index (κ3) is 5.09.